The lowest BCUT2D eigenvalue weighted by Crippen LogP contribution is -2.37. The molecular formula is C18H29N3O2. The molecule has 0 bridgehead atoms. The minimum Gasteiger partial charge on any atom is -0.444 e. The van der Waals surface area contributed by atoms with Gasteiger partial charge < -0.3 is 9.64 Å². The Hall–Kier alpha value is -1.52. The molecule has 1 aliphatic carbocycles. The fourth-order valence-electron chi connectivity index (χ4n) is 4.13. The van der Waals surface area contributed by atoms with Crippen LogP contribution in [-0.2, 0) is 24.6 Å². The molecular weight excluding hydrogens is 290 g/mol. The van der Waals surface area contributed by atoms with E-state index in [1.807, 2.05) is 37.4 Å². The Bertz CT molecular complexity index is 603. The molecule has 2 atom stereocenters. The van der Waals surface area contributed by atoms with E-state index in [9.17, 15) is 4.79 Å². The molecule has 128 valence electrons. The van der Waals surface area contributed by atoms with E-state index in [1.165, 1.54) is 17.0 Å². The van der Waals surface area contributed by atoms with Crippen molar-refractivity contribution >= 4 is 6.09 Å². The fourth-order valence-corrected chi connectivity index (χ4v) is 4.13. The number of hydrogen-bond donors (Lipinski definition) is 0. The molecule has 2 unspecified atom stereocenters. The Morgan fingerprint density at radius 3 is 2.30 bits per heavy atom. The maximum Gasteiger partial charge on any atom is 0.410 e. The van der Waals surface area contributed by atoms with Crippen molar-refractivity contribution in [2.45, 2.75) is 59.0 Å². The normalized spacial score (nSPS) is 26.3. The van der Waals surface area contributed by atoms with Crippen molar-refractivity contribution < 1.29 is 9.53 Å². The highest BCUT2D eigenvalue weighted by Gasteiger charge is 2.59. The van der Waals surface area contributed by atoms with Crippen LogP contribution in [0.5, 0.6) is 0 Å². The van der Waals surface area contributed by atoms with Gasteiger partial charge in [-0.2, -0.15) is 5.10 Å². The van der Waals surface area contributed by atoms with E-state index in [2.05, 4.69) is 13.8 Å². The number of amides is 1. The average Bonchev–Trinajstić information content (AvgIpc) is 2.83. The van der Waals surface area contributed by atoms with Crippen LogP contribution in [0.1, 0.15) is 57.5 Å². The van der Waals surface area contributed by atoms with Crippen molar-refractivity contribution in [1.29, 1.82) is 0 Å². The van der Waals surface area contributed by atoms with Crippen molar-refractivity contribution in [3.05, 3.63) is 17.0 Å². The van der Waals surface area contributed by atoms with Crippen LogP contribution in [0, 0.1) is 11.8 Å². The largest absolute Gasteiger partial charge is 0.444 e. The molecule has 1 aliphatic heterocycles. The van der Waals surface area contributed by atoms with Crippen LogP contribution in [-0.4, -0.2) is 39.5 Å². The molecule has 1 saturated carbocycles. The minimum atomic E-state index is -0.419. The highest BCUT2D eigenvalue weighted by Crippen LogP contribution is 2.59. The van der Waals surface area contributed by atoms with E-state index in [0.29, 0.717) is 17.8 Å². The van der Waals surface area contributed by atoms with Gasteiger partial charge in [0.05, 0.1) is 5.69 Å². The second-order valence-corrected chi connectivity index (χ2v) is 7.88. The molecule has 23 heavy (non-hydrogen) atoms. The Morgan fingerprint density at radius 1 is 1.22 bits per heavy atom. The van der Waals surface area contributed by atoms with Crippen LogP contribution in [0.15, 0.2) is 0 Å². The Kier molecular flexibility index (Phi) is 3.93. The molecule has 1 amide bonds. The van der Waals surface area contributed by atoms with Gasteiger partial charge in [-0.05, 0) is 51.4 Å². The molecule has 0 spiro atoms. The summed E-state index contributed by atoms with van der Waals surface area (Å²) in [7, 11) is 2.05. The van der Waals surface area contributed by atoms with E-state index in [1.54, 1.807) is 0 Å². The third-order valence-electron chi connectivity index (χ3n) is 5.13. The molecule has 2 aliphatic rings. The van der Waals surface area contributed by atoms with Gasteiger partial charge in [-0.25, -0.2) is 4.79 Å². The van der Waals surface area contributed by atoms with Crippen LogP contribution in [0.3, 0.4) is 0 Å². The van der Waals surface area contributed by atoms with E-state index in [4.69, 9.17) is 9.84 Å². The van der Waals surface area contributed by atoms with Gasteiger partial charge in [0.1, 0.15) is 5.60 Å². The summed E-state index contributed by atoms with van der Waals surface area (Å²) in [6.07, 6.45) is 1.83. The number of aromatic nitrogens is 2. The van der Waals surface area contributed by atoms with Crippen molar-refractivity contribution in [2.24, 2.45) is 18.9 Å². The third-order valence-corrected chi connectivity index (χ3v) is 5.13. The summed E-state index contributed by atoms with van der Waals surface area (Å²) in [6, 6.07) is 0. The van der Waals surface area contributed by atoms with Gasteiger partial charge in [0.25, 0.3) is 0 Å². The number of aryl methyl sites for hydroxylation is 2. The highest BCUT2D eigenvalue weighted by molar-refractivity contribution is 5.69. The summed E-state index contributed by atoms with van der Waals surface area (Å²) in [4.78, 5) is 14.1. The van der Waals surface area contributed by atoms with Gasteiger partial charge in [0.2, 0.25) is 0 Å². The molecule has 2 heterocycles. The zero-order valence-electron chi connectivity index (χ0n) is 15.2. The Morgan fingerprint density at radius 2 is 1.83 bits per heavy atom. The van der Waals surface area contributed by atoms with Crippen LogP contribution in [0.25, 0.3) is 0 Å². The molecule has 1 aromatic rings. The number of likely N-dealkylation sites (tertiary alicyclic amines) is 1. The first-order valence-electron chi connectivity index (χ1n) is 8.79. The Balaban J connectivity index is 1.70. The van der Waals surface area contributed by atoms with Crippen molar-refractivity contribution in [3.63, 3.8) is 0 Å². The van der Waals surface area contributed by atoms with Crippen LogP contribution in [0.4, 0.5) is 4.79 Å². The number of hydrogen-bond acceptors (Lipinski definition) is 3. The van der Waals surface area contributed by atoms with E-state index in [-0.39, 0.29) is 6.09 Å². The van der Waals surface area contributed by atoms with Crippen LogP contribution >= 0.6 is 0 Å². The predicted octanol–water partition coefficient (Wildman–Crippen LogP) is 3.13. The summed E-state index contributed by atoms with van der Waals surface area (Å²) in [5, 5.41) is 4.70. The standard InChI is InChI=1S/C18H29N3O2/c1-7-13-16(14(8-2)20(6)19-13)15-11-9-21(10-12(11)15)17(22)23-18(3,4)5/h11-12,15H,7-10H2,1-6H3. The van der Waals surface area contributed by atoms with Gasteiger partial charge in [0.15, 0.2) is 0 Å². The summed E-state index contributed by atoms with van der Waals surface area (Å²) in [5.74, 6) is 1.76. The quantitative estimate of drug-likeness (QED) is 0.860. The first-order chi connectivity index (χ1) is 10.8. The topological polar surface area (TPSA) is 47.4 Å². The average molecular weight is 319 g/mol. The first-order valence-corrected chi connectivity index (χ1v) is 8.79. The molecule has 0 radical (unpaired) electrons. The lowest BCUT2D eigenvalue weighted by molar-refractivity contribution is 0.0271. The monoisotopic (exact) mass is 319 g/mol. The van der Waals surface area contributed by atoms with E-state index in [0.717, 1.165) is 25.9 Å². The minimum absolute atomic E-state index is 0.166. The number of fused-ring (bicyclic) bond motifs is 1. The van der Waals surface area contributed by atoms with Gasteiger partial charge >= 0.3 is 6.09 Å². The van der Waals surface area contributed by atoms with Gasteiger partial charge in [-0.3, -0.25) is 4.68 Å². The predicted molar refractivity (Wildman–Crippen MR) is 89.5 cm³/mol. The Labute approximate surface area is 139 Å². The molecule has 1 saturated heterocycles. The lowest BCUT2D eigenvalue weighted by Gasteiger charge is -2.26. The van der Waals surface area contributed by atoms with E-state index < -0.39 is 5.60 Å². The zero-order chi connectivity index (χ0) is 16.9. The maximum absolute atomic E-state index is 12.2. The molecule has 5 nitrogen and oxygen atoms in total. The molecule has 3 rings (SSSR count). The van der Waals surface area contributed by atoms with Crippen molar-refractivity contribution in [2.75, 3.05) is 13.1 Å². The van der Waals surface area contributed by atoms with Crippen molar-refractivity contribution in [1.82, 2.24) is 14.7 Å². The molecule has 1 aromatic heterocycles. The molecule has 5 heteroatoms. The third kappa shape index (κ3) is 2.86. The number of nitrogens with zero attached hydrogens (tertiary/aromatic N) is 3. The van der Waals surface area contributed by atoms with Crippen molar-refractivity contribution in [3.8, 4) is 0 Å². The van der Waals surface area contributed by atoms with Crippen LogP contribution < -0.4 is 0 Å². The molecule has 0 N–H and O–H groups in total. The van der Waals surface area contributed by atoms with Crippen LogP contribution in [0.2, 0.25) is 0 Å². The lowest BCUT2D eigenvalue weighted by atomic mass is 10.0. The number of rotatable bonds is 3. The summed E-state index contributed by atoms with van der Waals surface area (Å²) < 4.78 is 7.55. The first kappa shape index (κ1) is 16.3. The smallest absolute Gasteiger partial charge is 0.410 e. The van der Waals surface area contributed by atoms with Gasteiger partial charge in [0, 0.05) is 31.4 Å². The van der Waals surface area contributed by atoms with E-state index >= 15 is 0 Å². The number of piperidine rings is 1. The summed E-state index contributed by atoms with van der Waals surface area (Å²) in [6.45, 7) is 11.8. The summed E-state index contributed by atoms with van der Waals surface area (Å²) >= 11 is 0. The fraction of sp³-hybridized carbons (Fsp3) is 0.778. The maximum atomic E-state index is 12.2. The number of carbonyl (C=O) groups excluding carboxylic acids is 1. The zero-order valence-corrected chi connectivity index (χ0v) is 15.2. The SMILES string of the molecule is CCc1nn(C)c(CC)c1C1C2CN(C(=O)OC(C)(C)C)CC21. The van der Waals surface area contributed by atoms with Gasteiger partial charge in [-0.1, -0.05) is 13.8 Å². The van der Waals surface area contributed by atoms with Gasteiger partial charge in [-0.15, -0.1) is 0 Å². The molecule has 0 aromatic carbocycles. The second-order valence-electron chi connectivity index (χ2n) is 7.88. The summed E-state index contributed by atoms with van der Waals surface area (Å²) in [5.41, 5.74) is 3.66. The highest BCUT2D eigenvalue weighted by atomic mass is 16.6. The second kappa shape index (κ2) is 5.53. The number of carbonyl (C=O) groups is 1. The molecule has 2 fully saturated rings. The number of ether oxygens (including phenoxy) is 1.